The smallest absolute Gasteiger partial charge is 0.205 e. The molecule has 1 aliphatic carbocycles. The maximum atomic E-state index is 13.2. The third-order valence-corrected chi connectivity index (χ3v) is 7.52. The van der Waals surface area contributed by atoms with Crippen molar-refractivity contribution >= 4 is 28.7 Å². The number of Topliss-reactive ketones (excluding diaryl/α,β-unsaturated/α-hetero) is 1. The third-order valence-electron chi connectivity index (χ3n) is 5.82. The molecule has 32 heavy (non-hydrogen) atoms. The van der Waals surface area contributed by atoms with Gasteiger partial charge < -0.3 is 15.2 Å². The number of ether oxygens (including phenoxy) is 2. The summed E-state index contributed by atoms with van der Waals surface area (Å²) in [5, 5.41) is 10.4. The largest absolute Gasteiger partial charge is 0.487 e. The molecule has 1 aromatic heterocycles. The highest BCUT2D eigenvalue weighted by Crippen LogP contribution is 2.49. The van der Waals surface area contributed by atoms with Gasteiger partial charge in [0.05, 0.1) is 10.9 Å². The Morgan fingerprint density at radius 2 is 2.09 bits per heavy atom. The SMILES string of the molecule is CCc1sc(C2C(C#N)=C(N)OC3=C2C(=O)CC(C)(C)C3)cc1COc1ccccc1Cl. The molecule has 0 radical (unpaired) electrons. The number of carbonyl (C=O) groups excluding carboxylic acids is 1. The summed E-state index contributed by atoms with van der Waals surface area (Å²) in [7, 11) is 0. The second-order valence-electron chi connectivity index (χ2n) is 8.87. The minimum absolute atomic E-state index is 0.0156. The van der Waals surface area contributed by atoms with Crippen LogP contribution in [0.25, 0.3) is 0 Å². The Balaban J connectivity index is 1.73. The summed E-state index contributed by atoms with van der Waals surface area (Å²) in [4.78, 5) is 15.2. The fourth-order valence-electron chi connectivity index (χ4n) is 4.34. The number of allylic oxidation sites excluding steroid dienone is 3. The molecule has 7 heteroatoms. The quantitative estimate of drug-likeness (QED) is 0.582. The van der Waals surface area contributed by atoms with E-state index in [1.165, 1.54) is 0 Å². The Morgan fingerprint density at radius 1 is 1.34 bits per heavy atom. The fraction of sp³-hybridized carbons (Fsp3) is 0.360. The number of aryl methyl sites for hydroxylation is 1. The van der Waals surface area contributed by atoms with Crippen molar-refractivity contribution in [2.24, 2.45) is 11.1 Å². The molecule has 2 heterocycles. The highest BCUT2D eigenvalue weighted by molar-refractivity contribution is 7.12. The van der Waals surface area contributed by atoms with Gasteiger partial charge in [-0.15, -0.1) is 11.3 Å². The Kier molecular flexibility index (Phi) is 6.07. The Morgan fingerprint density at radius 3 is 2.78 bits per heavy atom. The van der Waals surface area contributed by atoms with E-state index in [2.05, 4.69) is 13.0 Å². The molecule has 1 atom stereocenters. The van der Waals surface area contributed by atoms with Crippen LogP contribution in [0.4, 0.5) is 0 Å². The predicted octanol–water partition coefficient (Wildman–Crippen LogP) is 5.99. The molecule has 0 fully saturated rings. The van der Waals surface area contributed by atoms with Crippen molar-refractivity contribution in [3.8, 4) is 11.8 Å². The van der Waals surface area contributed by atoms with Crippen molar-refractivity contribution < 1.29 is 14.3 Å². The fourth-order valence-corrected chi connectivity index (χ4v) is 5.76. The van der Waals surface area contributed by atoms with E-state index in [0.717, 1.165) is 21.7 Å². The predicted molar refractivity (Wildman–Crippen MR) is 125 cm³/mol. The number of nitrogens with two attached hydrogens (primary N) is 1. The van der Waals surface area contributed by atoms with Gasteiger partial charge in [-0.05, 0) is 30.0 Å². The van der Waals surface area contributed by atoms with Crippen molar-refractivity contribution in [2.75, 3.05) is 0 Å². The number of nitriles is 1. The Hall–Kier alpha value is -2.75. The first kappa shape index (κ1) is 22.4. The first-order valence-corrected chi connectivity index (χ1v) is 11.8. The van der Waals surface area contributed by atoms with Crippen molar-refractivity contribution in [2.45, 2.75) is 52.6 Å². The number of hydrogen-bond acceptors (Lipinski definition) is 6. The maximum absolute atomic E-state index is 13.2. The first-order chi connectivity index (χ1) is 15.2. The van der Waals surface area contributed by atoms with Crippen LogP contribution in [0.5, 0.6) is 5.75 Å². The molecule has 1 aromatic carbocycles. The van der Waals surface area contributed by atoms with Gasteiger partial charge in [0, 0.05) is 33.7 Å². The summed E-state index contributed by atoms with van der Waals surface area (Å²) >= 11 is 7.81. The van der Waals surface area contributed by atoms with Crippen molar-refractivity contribution in [1.29, 1.82) is 5.26 Å². The molecule has 2 aliphatic rings. The normalized spacial score (nSPS) is 20.0. The third kappa shape index (κ3) is 4.15. The molecule has 0 bridgehead atoms. The van der Waals surface area contributed by atoms with Gasteiger partial charge in [0.25, 0.3) is 0 Å². The minimum atomic E-state index is -0.503. The summed E-state index contributed by atoms with van der Waals surface area (Å²) in [6.07, 6.45) is 1.83. The zero-order valence-corrected chi connectivity index (χ0v) is 19.9. The van der Waals surface area contributed by atoms with Crippen molar-refractivity contribution in [3.63, 3.8) is 0 Å². The van der Waals surface area contributed by atoms with E-state index in [-0.39, 0.29) is 17.1 Å². The lowest BCUT2D eigenvalue weighted by Gasteiger charge is -2.36. The van der Waals surface area contributed by atoms with Gasteiger partial charge in [-0.1, -0.05) is 44.5 Å². The Bertz CT molecular complexity index is 1190. The van der Waals surface area contributed by atoms with Crippen LogP contribution in [0, 0.1) is 16.7 Å². The van der Waals surface area contributed by atoms with Gasteiger partial charge >= 0.3 is 0 Å². The van der Waals surface area contributed by atoms with E-state index < -0.39 is 5.92 Å². The van der Waals surface area contributed by atoms with Gasteiger partial charge in [-0.25, -0.2) is 0 Å². The molecule has 166 valence electrons. The van der Waals surface area contributed by atoms with E-state index in [0.29, 0.717) is 47.1 Å². The minimum Gasteiger partial charge on any atom is -0.487 e. The van der Waals surface area contributed by atoms with E-state index >= 15 is 0 Å². The van der Waals surface area contributed by atoms with Crippen molar-refractivity contribution in [3.05, 3.63) is 73.5 Å². The maximum Gasteiger partial charge on any atom is 0.205 e. The van der Waals surface area contributed by atoms with Crippen LogP contribution in [0.15, 0.2) is 53.1 Å². The molecule has 5 nitrogen and oxygen atoms in total. The second-order valence-corrected chi connectivity index (χ2v) is 10.4. The van der Waals surface area contributed by atoms with Crippen LogP contribution < -0.4 is 10.5 Å². The van der Waals surface area contributed by atoms with E-state index in [4.69, 9.17) is 26.8 Å². The average molecular weight is 469 g/mol. The molecule has 0 spiro atoms. The van der Waals surface area contributed by atoms with E-state index in [9.17, 15) is 10.1 Å². The van der Waals surface area contributed by atoms with Crippen LogP contribution in [-0.4, -0.2) is 5.78 Å². The molecule has 2 N–H and O–H groups in total. The number of para-hydroxylation sites is 1. The molecular weight excluding hydrogens is 444 g/mol. The lowest BCUT2D eigenvalue weighted by molar-refractivity contribution is -0.119. The number of ketones is 1. The average Bonchev–Trinajstić information content (AvgIpc) is 3.14. The van der Waals surface area contributed by atoms with Gasteiger partial charge in [0.15, 0.2) is 5.78 Å². The van der Waals surface area contributed by atoms with Gasteiger partial charge in [0.2, 0.25) is 5.88 Å². The molecule has 0 saturated carbocycles. The van der Waals surface area contributed by atoms with Gasteiger partial charge in [-0.3, -0.25) is 4.79 Å². The second kappa shape index (κ2) is 8.65. The number of benzene rings is 1. The number of halogens is 1. The highest BCUT2D eigenvalue weighted by Gasteiger charge is 2.43. The summed E-state index contributed by atoms with van der Waals surface area (Å²) in [5.41, 5.74) is 7.81. The number of nitrogens with zero attached hydrogens (tertiary/aromatic N) is 1. The van der Waals surface area contributed by atoms with Crippen LogP contribution in [-0.2, 0) is 22.6 Å². The van der Waals surface area contributed by atoms with Gasteiger partial charge in [0.1, 0.15) is 29.8 Å². The standard InChI is InChI=1S/C25H25ClN2O3S/c1-4-20-14(13-30-18-8-6-5-7-16(18)26)9-21(32-20)22-15(12-27)24(28)31-19-11-25(2,3)10-17(29)23(19)22/h5-9,22H,4,10-11,13,28H2,1-3H3. The summed E-state index contributed by atoms with van der Waals surface area (Å²) in [5.74, 6) is 0.806. The first-order valence-electron chi connectivity index (χ1n) is 10.6. The number of carbonyl (C=O) groups is 1. The summed E-state index contributed by atoms with van der Waals surface area (Å²) in [6.45, 7) is 6.50. The lowest BCUT2D eigenvalue weighted by atomic mass is 9.71. The zero-order valence-electron chi connectivity index (χ0n) is 18.3. The van der Waals surface area contributed by atoms with Crippen LogP contribution in [0.2, 0.25) is 5.02 Å². The summed E-state index contributed by atoms with van der Waals surface area (Å²) in [6, 6.07) is 11.6. The molecule has 1 aliphatic heterocycles. The monoisotopic (exact) mass is 468 g/mol. The van der Waals surface area contributed by atoms with Crippen LogP contribution in [0.1, 0.15) is 54.8 Å². The van der Waals surface area contributed by atoms with Gasteiger partial charge in [-0.2, -0.15) is 5.26 Å². The van der Waals surface area contributed by atoms with Crippen molar-refractivity contribution in [1.82, 2.24) is 0 Å². The number of thiophene rings is 1. The molecule has 1 unspecified atom stereocenters. The highest BCUT2D eigenvalue weighted by atomic mass is 35.5. The topological polar surface area (TPSA) is 85.3 Å². The molecular formula is C25H25ClN2O3S. The Labute approximate surface area is 197 Å². The van der Waals surface area contributed by atoms with E-state index in [1.807, 2.05) is 38.1 Å². The zero-order chi connectivity index (χ0) is 23.0. The molecule has 4 rings (SSSR count). The van der Waals surface area contributed by atoms with E-state index in [1.54, 1.807) is 17.4 Å². The molecule has 0 amide bonds. The lowest BCUT2D eigenvalue weighted by Crippen LogP contribution is -2.33. The number of rotatable bonds is 5. The molecule has 0 saturated heterocycles. The number of hydrogen-bond donors (Lipinski definition) is 1. The van der Waals surface area contributed by atoms with Crippen LogP contribution in [0.3, 0.4) is 0 Å². The summed E-state index contributed by atoms with van der Waals surface area (Å²) < 4.78 is 11.8. The molecule has 2 aromatic rings. The van der Waals surface area contributed by atoms with Crippen LogP contribution >= 0.6 is 22.9 Å².